The minimum Gasteiger partial charge on any atom is -0.326 e. The van der Waals surface area contributed by atoms with Gasteiger partial charge in [0.15, 0.2) is 0 Å². The summed E-state index contributed by atoms with van der Waals surface area (Å²) in [6.45, 7) is 7.14. The molecule has 1 nitrogen and oxygen atoms in total. The second-order valence-electron chi connectivity index (χ2n) is 5.83. The maximum absolute atomic E-state index is 6.19. The lowest BCUT2D eigenvalue weighted by Gasteiger charge is -2.19. The molecular formula is C17H20ClNS. The van der Waals surface area contributed by atoms with Crippen LogP contribution in [0.4, 0.5) is 0 Å². The molecule has 0 saturated carbocycles. The average molecular weight is 306 g/mol. The fraction of sp³-hybridized carbons (Fsp3) is 0.294. The average Bonchev–Trinajstić information content (AvgIpc) is 2.38. The predicted octanol–water partition coefficient (Wildman–Crippen LogP) is 5.25. The van der Waals surface area contributed by atoms with Crippen molar-refractivity contribution in [2.75, 3.05) is 0 Å². The van der Waals surface area contributed by atoms with E-state index in [1.165, 1.54) is 10.5 Å². The maximum Gasteiger partial charge on any atom is 0.0462 e. The fourth-order valence-corrected chi connectivity index (χ4v) is 3.10. The van der Waals surface area contributed by atoms with E-state index in [-0.39, 0.29) is 5.41 Å². The molecule has 3 heteroatoms. The second-order valence-corrected chi connectivity index (χ2v) is 7.39. The molecule has 0 amide bonds. The Morgan fingerprint density at radius 1 is 1.00 bits per heavy atom. The predicted molar refractivity (Wildman–Crippen MR) is 88.6 cm³/mol. The van der Waals surface area contributed by atoms with Gasteiger partial charge in [-0.25, -0.2) is 0 Å². The minimum absolute atomic E-state index is 0.190. The summed E-state index contributed by atoms with van der Waals surface area (Å²) in [5, 5.41) is 0.740. The number of rotatable bonds is 3. The summed E-state index contributed by atoms with van der Waals surface area (Å²) >= 11 is 7.90. The van der Waals surface area contributed by atoms with Gasteiger partial charge in [0.05, 0.1) is 0 Å². The first-order valence-corrected chi connectivity index (χ1v) is 7.86. The van der Waals surface area contributed by atoms with Crippen LogP contribution in [0.15, 0.2) is 52.3 Å². The molecule has 2 N–H and O–H groups in total. The normalized spacial score (nSPS) is 11.7. The van der Waals surface area contributed by atoms with Gasteiger partial charge in [-0.1, -0.05) is 62.3 Å². The van der Waals surface area contributed by atoms with Crippen molar-refractivity contribution in [3.05, 3.63) is 58.6 Å². The molecule has 0 unspecified atom stereocenters. The van der Waals surface area contributed by atoms with Crippen molar-refractivity contribution in [2.24, 2.45) is 5.73 Å². The first kappa shape index (κ1) is 15.4. The molecule has 0 aliphatic heterocycles. The minimum atomic E-state index is 0.190. The van der Waals surface area contributed by atoms with E-state index in [1.807, 2.05) is 12.1 Å². The highest BCUT2D eigenvalue weighted by atomic mass is 35.5. The Kier molecular flexibility index (Phi) is 4.79. The zero-order valence-electron chi connectivity index (χ0n) is 12.1. The Morgan fingerprint density at radius 2 is 1.60 bits per heavy atom. The van der Waals surface area contributed by atoms with E-state index in [9.17, 15) is 0 Å². The molecule has 0 saturated heterocycles. The van der Waals surface area contributed by atoms with Crippen LogP contribution in [0.2, 0.25) is 5.02 Å². The molecule has 0 atom stereocenters. The standard InChI is InChI=1S/C17H20ClNS/c1-17(2,3)13-5-8-14(9-6-13)20-15-7-4-12(11-19)16(18)10-15/h4-10H,11,19H2,1-3H3. The molecule has 0 spiro atoms. The highest BCUT2D eigenvalue weighted by Gasteiger charge is 2.13. The molecule has 0 aromatic heterocycles. The van der Waals surface area contributed by atoms with E-state index in [0.29, 0.717) is 6.54 Å². The largest absolute Gasteiger partial charge is 0.326 e. The SMILES string of the molecule is CC(C)(C)c1ccc(Sc2ccc(CN)c(Cl)c2)cc1. The first-order valence-electron chi connectivity index (χ1n) is 6.67. The number of halogens is 1. The van der Waals surface area contributed by atoms with Crippen LogP contribution >= 0.6 is 23.4 Å². The van der Waals surface area contributed by atoms with E-state index in [4.69, 9.17) is 17.3 Å². The van der Waals surface area contributed by atoms with Crippen molar-refractivity contribution in [2.45, 2.75) is 42.5 Å². The Bertz CT molecular complexity index is 585. The summed E-state index contributed by atoms with van der Waals surface area (Å²) in [5.41, 5.74) is 8.14. The lowest BCUT2D eigenvalue weighted by Crippen LogP contribution is -2.10. The molecule has 0 aliphatic carbocycles. The Morgan fingerprint density at radius 3 is 2.10 bits per heavy atom. The van der Waals surface area contributed by atoms with Gasteiger partial charge in [0, 0.05) is 21.4 Å². The van der Waals surface area contributed by atoms with Gasteiger partial charge >= 0.3 is 0 Å². The van der Waals surface area contributed by atoms with E-state index in [0.717, 1.165) is 15.5 Å². The van der Waals surface area contributed by atoms with Gasteiger partial charge in [-0.2, -0.15) is 0 Å². The van der Waals surface area contributed by atoms with Crippen molar-refractivity contribution in [3.8, 4) is 0 Å². The third kappa shape index (κ3) is 3.78. The Labute approximate surface area is 130 Å². The molecule has 0 bridgehead atoms. The molecule has 0 aliphatic rings. The van der Waals surface area contributed by atoms with Crippen LogP contribution in [0, 0.1) is 0 Å². The summed E-state index contributed by atoms with van der Waals surface area (Å²) in [4.78, 5) is 2.35. The zero-order chi connectivity index (χ0) is 14.8. The van der Waals surface area contributed by atoms with Crippen LogP contribution in [0.1, 0.15) is 31.9 Å². The van der Waals surface area contributed by atoms with Crippen LogP contribution < -0.4 is 5.73 Å². The van der Waals surface area contributed by atoms with Gasteiger partial charge in [-0.3, -0.25) is 0 Å². The summed E-state index contributed by atoms with van der Waals surface area (Å²) in [7, 11) is 0. The van der Waals surface area contributed by atoms with Crippen LogP contribution in [0.5, 0.6) is 0 Å². The van der Waals surface area contributed by atoms with E-state index in [1.54, 1.807) is 11.8 Å². The van der Waals surface area contributed by atoms with Crippen LogP contribution in [0.25, 0.3) is 0 Å². The van der Waals surface area contributed by atoms with Crippen LogP contribution in [-0.2, 0) is 12.0 Å². The van der Waals surface area contributed by atoms with Crippen molar-refractivity contribution >= 4 is 23.4 Å². The highest BCUT2D eigenvalue weighted by molar-refractivity contribution is 7.99. The van der Waals surface area contributed by atoms with Gasteiger partial charge in [0.2, 0.25) is 0 Å². The van der Waals surface area contributed by atoms with Crippen molar-refractivity contribution in [1.82, 2.24) is 0 Å². The van der Waals surface area contributed by atoms with Crippen molar-refractivity contribution in [1.29, 1.82) is 0 Å². The number of hydrogen-bond donors (Lipinski definition) is 1. The molecule has 0 fully saturated rings. The molecule has 2 aromatic carbocycles. The third-order valence-electron chi connectivity index (χ3n) is 3.20. The van der Waals surface area contributed by atoms with E-state index >= 15 is 0 Å². The molecular weight excluding hydrogens is 286 g/mol. The van der Waals surface area contributed by atoms with Crippen LogP contribution in [-0.4, -0.2) is 0 Å². The lowest BCUT2D eigenvalue weighted by atomic mass is 9.87. The molecule has 0 radical (unpaired) electrons. The van der Waals surface area contributed by atoms with E-state index in [2.05, 4.69) is 51.1 Å². The quantitative estimate of drug-likeness (QED) is 0.838. The van der Waals surface area contributed by atoms with Gasteiger partial charge < -0.3 is 5.73 Å². The van der Waals surface area contributed by atoms with Crippen molar-refractivity contribution < 1.29 is 0 Å². The number of nitrogens with two attached hydrogens (primary N) is 1. The van der Waals surface area contributed by atoms with Crippen LogP contribution in [0.3, 0.4) is 0 Å². The maximum atomic E-state index is 6.19. The lowest BCUT2D eigenvalue weighted by molar-refractivity contribution is 0.590. The van der Waals surface area contributed by atoms with E-state index < -0.39 is 0 Å². The third-order valence-corrected chi connectivity index (χ3v) is 4.55. The summed E-state index contributed by atoms with van der Waals surface area (Å²) in [6, 6.07) is 14.7. The smallest absolute Gasteiger partial charge is 0.0462 e. The highest BCUT2D eigenvalue weighted by Crippen LogP contribution is 2.32. The Balaban J connectivity index is 2.16. The number of hydrogen-bond acceptors (Lipinski definition) is 2. The molecule has 2 rings (SSSR count). The monoisotopic (exact) mass is 305 g/mol. The summed E-state index contributed by atoms with van der Waals surface area (Å²) in [6.07, 6.45) is 0. The van der Waals surface area contributed by atoms with Gasteiger partial charge in [0.1, 0.15) is 0 Å². The topological polar surface area (TPSA) is 26.0 Å². The van der Waals surface area contributed by atoms with Crippen molar-refractivity contribution in [3.63, 3.8) is 0 Å². The fourth-order valence-electron chi connectivity index (χ4n) is 1.92. The van der Waals surface area contributed by atoms with Gasteiger partial charge in [0.25, 0.3) is 0 Å². The molecule has 2 aromatic rings. The number of benzene rings is 2. The van der Waals surface area contributed by atoms with Gasteiger partial charge in [-0.15, -0.1) is 0 Å². The molecule has 20 heavy (non-hydrogen) atoms. The first-order chi connectivity index (χ1) is 9.40. The zero-order valence-corrected chi connectivity index (χ0v) is 13.7. The summed E-state index contributed by atoms with van der Waals surface area (Å²) < 4.78 is 0. The molecule has 0 heterocycles. The Hall–Kier alpha value is -0.960. The van der Waals surface area contributed by atoms with Gasteiger partial charge in [-0.05, 0) is 40.8 Å². The second kappa shape index (κ2) is 6.21. The molecule has 106 valence electrons. The summed E-state index contributed by atoms with van der Waals surface area (Å²) in [5.74, 6) is 0.